The molecule has 1 aliphatic carbocycles. The molecule has 5 nitrogen and oxygen atoms in total. The molecule has 0 saturated heterocycles. The van der Waals surface area contributed by atoms with Crippen LogP contribution in [0.2, 0.25) is 0 Å². The van der Waals surface area contributed by atoms with Gasteiger partial charge in [-0.1, -0.05) is 0 Å². The van der Waals surface area contributed by atoms with E-state index in [1.54, 1.807) is 0 Å². The van der Waals surface area contributed by atoms with E-state index in [1.165, 1.54) is 0 Å². The van der Waals surface area contributed by atoms with Gasteiger partial charge in [0.05, 0.1) is 6.04 Å². The fourth-order valence-corrected chi connectivity index (χ4v) is 2.05. The summed E-state index contributed by atoms with van der Waals surface area (Å²) in [6.07, 6.45) is 8.31. The molecule has 1 atom stereocenters. The first-order valence-corrected chi connectivity index (χ1v) is 5.83. The number of primary amides is 1. The number of nitrogens with one attached hydrogen (secondary N) is 1. The van der Waals surface area contributed by atoms with Gasteiger partial charge in [0, 0.05) is 18.4 Å². The predicted molar refractivity (Wildman–Crippen MR) is 64.5 cm³/mol. The van der Waals surface area contributed by atoms with Crippen LogP contribution in [0.15, 0.2) is 0 Å². The van der Waals surface area contributed by atoms with Crippen LogP contribution in [-0.2, 0) is 9.59 Å². The SMILES string of the molecule is C#CCC(N)C(=O)NC1CCC(C(N)=O)CC1. The molecular weight excluding hydrogens is 218 g/mol. The van der Waals surface area contributed by atoms with Crippen molar-refractivity contribution in [3.8, 4) is 12.3 Å². The van der Waals surface area contributed by atoms with Crippen molar-refractivity contribution in [3.63, 3.8) is 0 Å². The van der Waals surface area contributed by atoms with Gasteiger partial charge in [0.1, 0.15) is 0 Å². The number of hydrogen-bond acceptors (Lipinski definition) is 3. The van der Waals surface area contributed by atoms with E-state index >= 15 is 0 Å². The minimum Gasteiger partial charge on any atom is -0.369 e. The summed E-state index contributed by atoms with van der Waals surface area (Å²) in [5.74, 6) is 1.84. The molecule has 1 aliphatic rings. The van der Waals surface area contributed by atoms with Gasteiger partial charge < -0.3 is 16.8 Å². The molecule has 1 unspecified atom stereocenters. The first-order chi connectivity index (χ1) is 8.04. The Bertz CT molecular complexity index is 327. The van der Waals surface area contributed by atoms with Crippen molar-refractivity contribution in [1.82, 2.24) is 5.32 Å². The molecule has 0 bridgehead atoms. The fraction of sp³-hybridized carbons (Fsp3) is 0.667. The number of nitrogens with two attached hydrogens (primary N) is 2. The Morgan fingerprint density at radius 2 is 1.94 bits per heavy atom. The Morgan fingerprint density at radius 1 is 1.35 bits per heavy atom. The highest BCUT2D eigenvalue weighted by Gasteiger charge is 2.26. The summed E-state index contributed by atoms with van der Waals surface area (Å²) in [5.41, 5.74) is 10.8. The minimum absolute atomic E-state index is 0.0532. The van der Waals surface area contributed by atoms with E-state index in [0.717, 1.165) is 25.7 Å². The molecule has 5 heteroatoms. The molecule has 2 amide bonds. The summed E-state index contributed by atoms with van der Waals surface area (Å²) in [6.45, 7) is 0. The van der Waals surface area contributed by atoms with E-state index < -0.39 is 6.04 Å². The zero-order valence-electron chi connectivity index (χ0n) is 9.82. The topological polar surface area (TPSA) is 98.2 Å². The van der Waals surface area contributed by atoms with Crippen LogP contribution in [-0.4, -0.2) is 23.9 Å². The van der Waals surface area contributed by atoms with Crippen LogP contribution < -0.4 is 16.8 Å². The van der Waals surface area contributed by atoms with Crippen molar-refractivity contribution in [2.24, 2.45) is 17.4 Å². The molecule has 0 spiro atoms. The van der Waals surface area contributed by atoms with Gasteiger partial charge >= 0.3 is 0 Å². The van der Waals surface area contributed by atoms with Gasteiger partial charge in [0.15, 0.2) is 0 Å². The van der Waals surface area contributed by atoms with Crippen molar-refractivity contribution < 1.29 is 9.59 Å². The average molecular weight is 237 g/mol. The highest BCUT2D eigenvalue weighted by molar-refractivity contribution is 5.82. The molecule has 0 aromatic heterocycles. The maximum atomic E-state index is 11.6. The molecule has 94 valence electrons. The Labute approximate surface area is 101 Å². The lowest BCUT2D eigenvalue weighted by atomic mass is 9.85. The normalized spacial score (nSPS) is 25.6. The Kier molecular flexibility index (Phi) is 4.98. The molecule has 0 radical (unpaired) electrons. The van der Waals surface area contributed by atoms with E-state index in [4.69, 9.17) is 17.9 Å². The molecule has 5 N–H and O–H groups in total. The molecule has 17 heavy (non-hydrogen) atoms. The summed E-state index contributed by atoms with van der Waals surface area (Å²) in [7, 11) is 0. The predicted octanol–water partition coefficient (Wildman–Crippen LogP) is -0.503. The second kappa shape index (κ2) is 6.26. The summed E-state index contributed by atoms with van der Waals surface area (Å²) >= 11 is 0. The highest BCUT2D eigenvalue weighted by atomic mass is 16.2. The number of hydrogen-bond donors (Lipinski definition) is 3. The summed E-state index contributed by atoms with van der Waals surface area (Å²) < 4.78 is 0. The smallest absolute Gasteiger partial charge is 0.238 e. The highest BCUT2D eigenvalue weighted by Crippen LogP contribution is 2.23. The lowest BCUT2D eigenvalue weighted by Gasteiger charge is -2.28. The van der Waals surface area contributed by atoms with Crippen LogP contribution in [0, 0.1) is 18.3 Å². The third kappa shape index (κ3) is 4.08. The molecule has 1 saturated carbocycles. The fourth-order valence-electron chi connectivity index (χ4n) is 2.05. The molecule has 0 aromatic rings. The second-order valence-corrected chi connectivity index (χ2v) is 4.47. The van der Waals surface area contributed by atoms with Crippen LogP contribution in [0.4, 0.5) is 0 Å². The summed E-state index contributed by atoms with van der Waals surface area (Å²) in [4.78, 5) is 22.6. The maximum Gasteiger partial charge on any atom is 0.238 e. The second-order valence-electron chi connectivity index (χ2n) is 4.47. The van der Waals surface area contributed by atoms with Gasteiger partial charge in [0.25, 0.3) is 0 Å². The van der Waals surface area contributed by atoms with Gasteiger partial charge in [-0.05, 0) is 25.7 Å². The zero-order chi connectivity index (χ0) is 12.8. The van der Waals surface area contributed by atoms with E-state index in [1.807, 2.05) is 0 Å². The zero-order valence-corrected chi connectivity index (χ0v) is 9.82. The van der Waals surface area contributed by atoms with Gasteiger partial charge in [-0.15, -0.1) is 12.3 Å². The van der Waals surface area contributed by atoms with Crippen molar-refractivity contribution >= 4 is 11.8 Å². The molecule has 0 aliphatic heterocycles. The lowest BCUT2D eigenvalue weighted by Crippen LogP contribution is -2.47. The lowest BCUT2D eigenvalue weighted by molar-refractivity contribution is -0.123. The van der Waals surface area contributed by atoms with E-state index in [2.05, 4.69) is 11.2 Å². The van der Waals surface area contributed by atoms with Gasteiger partial charge in [-0.3, -0.25) is 9.59 Å². The molecule has 1 rings (SSSR count). The van der Waals surface area contributed by atoms with E-state index in [0.29, 0.717) is 0 Å². The first-order valence-electron chi connectivity index (χ1n) is 5.83. The number of carbonyl (C=O) groups excluding carboxylic acids is 2. The first kappa shape index (κ1) is 13.5. The monoisotopic (exact) mass is 237 g/mol. The largest absolute Gasteiger partial charge is 0.369 e. The Hall–Kier alpha value is -1.54. The van der Waals surface area contributed by atoms with Gasteiger partial charge in [-0.2, -0.15) is 0 Å². The van der Waals surface area contributed by atoms with Crippen molar-refractivity contribution in [2.75, 3.05) is 0 Å². The third-order valence-electron chi connectivity index (χ3n) is 3.15. The standard InChI is InChI=1S/C12H19N3O2/c1-2-3-10(13)12(17)15-9-6-4-8(5-7-9)11(14)16/h1,8-10H,3-7,13H2,(H2,14,16)(H,15,17). The minimum atomic E-state index is -0.645. The maximum absolute atomic E-state index is 11.6. The number of rotatable bonds is 4. The van der Waals surface area contributed by atoms with Crippen molar-refractivity contribution in [1.29, 1.82) is 0 Å². The Balaban J connectivity index is 2.33. The molecule has 1 fully saturated rings. The molecular formula is C12H19N3O2. The number of terminal acetylenes is 1. The van der Waals surface area contributed by atoms with E-state index in [-0.39, 0.29) is 30.2 Å². The van der Waals surface area contributed by atoms with Crippen LogP contribution in [0.3, 0.4) is 0 Å². The summed E-state index contributed by atoms with van der Waals surface area (Å²) in [6, 6.07) is -0.559. The van der Waals surface area contributed by atoms with Crippen LogP contribution in [0.5, 0.6) is 0 Å². The van der Waals surface area contributed by atoms with Crippen LogP contribution >= 0.6 is 0 Å². The summed E-state index contributed by atoms with van der Waals surface area (Å²) in [5, 5.41) is 2.85. The van der Waals surface area contributed by atoms with Crippen molar-refractivity contribution in [2.45, 2.75) is 44.2 Å². The van der Waals surface area contributed by atoms with Crippen LogP contribution in [0.25, 0.3) is 0 Å². The molecule has 0 aromatic carbocycles. The van der Waals surface area contributed by atoms with Gasteiger partial charge in [-0.25, -0.2) is 0 Å². The Morgan fingerprint density at radius 3 is 2.41 bits per heavy atom. The van der Waals surface area contributed by atoms with Gasteiger partial charge in [0.2, 0.25) is 11.8 Å². The number of amides is 2. The number of carbonyl (C=O) groups is 2. The van der Waals surface area contributed by atoms with Crippen molar-refractivity contribution in [3.05, 3.63) is 0 Å². The van der Waals surface area contributed by atoms with E-state index in [9.17, 15) is 9.59 Å². The average Bonchev–Trinajstić information content (AvgIpc) is 2.30. The van der Waals surface area contributed by atoms with Crippen LogP contribution in [0.1, 0.15) is 32.1 Å². The third-order valence-corrected chi connectivity index (χ3v) is 3.15. The molecule has 0 heterocycles. The quantitative estimate of drug-likeness (QED) is 0.575.